The summed E-state index contributed by atoms with van der Waals surface area (Å²) in [6.45, 7) is 3.24. The summed E-state index contributed by atoms with van der Waals surface area (Å²) in [7, 11) is 0. The molecule has 0 spiro atoms. The van der Waals surface area contributed by atoms with E-state index < -0.39 is 17.9 Å². The molecule has 3 N–H and O–H groups in total. The molecule has 1 aromatic rings. The van der Waals surface area contributed by atoms with Gasteiger partial charge >= 0.3 is 0 Å². The zero-order valence-corrected chi connectivity index (χ0v) is 10.8. The van der Waals surface area contributed by atoms with Gasteiger partial charge in [-0.1, -0.05) is 0 Å². The van der Waals surface area contributed by atoms with Gasteiger partial charge in [-0.25, -0.2) is 0 Å². The zero-order valence-electron chi connectivity index (χ0n) is 10.8. The first-order valence-electron chi connectivity index (χ1n) is 5.91. The Labute approximate surface area is 110 Å². The first-order valence-corrected chi connectivity index (χ1v) is 5.91. The van der Waals surface area contributed by atoms with Gasteiger partial charge in [-0.3, -0.25) is 19.7 Å². The number of carbonyl (C=O) groups is 3. The Morgan fingerprint density at radius 3 is 2.74 bits per heavy atom. The molecule has 6 nitrogen and oxygen atoms in total. The number of rotatable bonds is 1. The number of nitrogens with two attached hydrogens (primary N) is 1. The van der Waals surface area contributed by atoms with Crippen LogP contribution < -0.4 is 11.1 Å². The molecular weight excluding hydrogens is 246 g/mol. The second-order valence-electron chi connectivity index (χ2n) is 4.60. The molecule has 2 rings (SSSR count). The van der Waals surface area contributed by atoms with Crippen molar-refractivity contribution in [2.75, 3.05) is 12.3 Å². The molecule has 19 heavy (non-hydrogen) atoms. The van der Waals surface area contributed by atoms with Crippen LogP contribution in [-0.4, -0.2) is 35.2 Å². The highest BCUT2D eigenvalue weighted by molar-refractivity contribution is 6.07. The van der Waals surface area contributed by atoms with Crippen LogP contribution in [0.25, 0.3) is 0 Å². The number of hydrogen-bond donors (Lipinski definition) is 2. The molecule has 0 saturated carbocycles. The Bertz CT molecular complexity index is 568. The van der Waals surface area contributed by atoms with Gasteiger partial charge in [-0.05, 0) is 37.6 Å². The van der Waals surface area contributed by atoms with Crippen molar-refractivity contribution in [2.24, 2.45) is 0 Å². The number of aryl methyl sites for hydroxylation is 1. The Morgan fingerprint density at radius 1 is 1.42 bits per heavy atom. The lowest BCUT2D eigenvalue weighted by Crippen LogP contribution is -2.58. The van der Waals surface area contributed by atoms with Crippen LogP contribution in [-0.2, 0) is 9.59 Å². The van der Waals surface area contributed by atoms with Crippen LogP contribution in [0, 0.1) is 6.92 Å². The van der Waals surface area contributed by atoms with E-state index in [1.807, 2.05) is 0 Å². The quantitative estimate of drug-likeness (QED) is 0.552. The Morgan fingerprint density at radius 2 is 2.11 bits per heavy atom. The number of carbonyl (C=O) groups excluding carboxylic acids is 3. The number of piperazine rings is 1. The number of nitrogens with one attached hydrogen (secondary N) is 1. The van der Waals surface area contributed by atoms with E-state index in [4.69, 9.17) is 5.73 Å². The normalized spacial score (nSPS) is 19.3. The summed E-state index contributed by atoms with van der Waals surface area (Å²) in [5.41, 5.74) is 7.36. The number of amides is 3. The average Bonchev–Trinajstić information content (AvgIpc) is 2.33. The summed E-state index contributed by atoms with van der Waals surface area (Å²) in [6.07, 6.45) is 0. The smallest absolute Gasteiger partial charge is 0.255 e. The molecule has 0 bridgehead atoms. The fraction of sp³-hybridized carbons (Fsp3) is 0.308. The van der Waals surface area contributed by atoms with Crippen LogP contribution >= 0.6 is 0 Å². The van der Waals surface area contributed by atoms with Crippen LogP contribution in [0.3, 0.4) is 0 Å². The summed E-state index contributed by atoms with van der Waals surface area (Å²) in [4.78, 5) is 36.6. The van der Waals surface area contributed by atoms with Crippen LogP contribution in [0.2, 0.25) is 0 Å². The highest BCUT2D eigenvalue weighted by Gasteiger charge is 2.34. The van der Waals surface area contributed by atoms with E-state index in [-0.39, 0.29) is 12.5 Å². The summed E-state index contributed by atoms with van der Waals surface area (Å²) in [5.74, 6) is -1.27. The van der Waals surface area contributed by atoms with Gasteiger partial charge in [0, 0.05) is 11.3 Å². The van der Waals surface area contributed by atoms with Crippen molar-refractivity contribution in [3.05, 3.63) is 29.3 Å². The van der Waals surface area contributed by atoms with Gasteiger partial charge in [-0.2, -0.15) is 0 Å². The van der Waals surface area contributed by atoms with Crippen molar-refractivity contribution >= 4 is 23.4 Å². The molecule has 1 aliphatic rings. The third-order valence-corrected chi connectivity index (χ3v) is 3.17. The van der Waals surface area contributed by atoms with E-state index in [9.17, 15) is 14.4 Å². The van der Waals surface area contributed by atoms with Crippen molar-refractivity contribution in [3.63, 3.8) is 0 Å². The van der Waals surface area contributed by atoms with Crippen molar-refractivity contribution < 1.29 is 14.4 Å². The van der Waals surface area contributed by atoms with Crippen LogP contribution in [0.15, 0.2) is 18.2 Å². The molecule has 1 unspecified atom stereocenters. The Kier molecular flexibility index (Phi) is 3.25. The highest BCUT2D eigenvalue weighted by atomic mass is 16.2. The number of benzene rings is 1. The molecule has 0 aliphatic carbocycles. The van der Waals surface area contributed by atoms with Crippen molar-refractivity contribution in [3.8, 4) is 0 Å². The first-order chi connectivity index (χ1) is 8.90. The number of nitrogen functional groups attached to an aromatic ring is 1. The fourth-order valence-electron chi connectivity index (χ4n) is 2.04. The zero-order chi connectivity index (χ0) is 14.2. The minimum atomic E-state index is -0.665. The SMILES string of the molecule is Cc1cc(N)ccc1C(=O)N1CC(=O)NC(=O)C1C. The molecule has 1 saturated heterocycles. The summed E-state index contributed by atoms with van der Waals surface area (Å²) in [5, 5.41) is 2.20. The van der Waals surface area contributed by atoms with E-state index in [1.165, 1.54) is 4.90 Å². The lowest BCUT2D eigenvalue weighted by atomic mass is 10.0. The third-order valence-electron chi connectivity index (χ3n) is 3.17. The van der Waals surface area contributed by atoms with Gasteiger partial charge in [0.25, 0.3) is 5.91 Å². The highest BCUT2D eigenvalue weighted by Crippen LogP contribution is 2.17. The van der Waals surface area contributed by atoms with Crippen LogP contribution in [0.1, 0.15) is 22.8 Å². The maximum Gasteiger partial charge on any atom is 0.255 e. The maximum absolute atomic E-state index is 12.4. The van der Waals surface area contributed by atoms with Crippen molar-refractivity contribution in [1.29, 1.82) is 0 Å². The van der Waals surface area contributed by atoms with E-state index in [1.54, 1.807) is 32.0 Å². The largest absolute Gasteiger partial charge is 0.399 e. The molecule has 1 atom stereocenters. The van der Waals surface area contributed by atoms with Gasteiger partial charge in [0.1, 0.15) is 12.6 Å². The van der Waals surface area contributed by atoms with Crippen LogP contribution in [0.4, 0.5) is 5.69 Å². The van der Waals surface area contributed by atoms with Gasteiger partial charge in [0.05, 0.1) is 0 Å². The molecular formula is C13H15N3O3. The summed E-state index contributed by atoms with van der Waals surface area (Å²) in [6, 6.07) is 4.25. The number of imide groups is 1. The molecule has 100 valence electrons. The topological polar surface area (TPSA) is 92.5 Å². The molecule has 3 amide bonds. The monoisotopic (exact) mass is 261 g/mol. The van der Waals surface area contributed by atoms with Crippen LogP contribution in [0.5, 0.6) is 0 Å². The van der Waals surface area contributed by atoms with Gasteiger partial charge < -0.3 is 10.6 Å². The standard InChI is InChI=1S/C13H15N3O3/c1-7-5-9(14)3-4-10(7)13(19)16-6-11(17)15-12(18)8(16)2/h3-5,8H,6,14H2,1-2H3,(H,15,17,18). The van der Waals surface area contributed by atoms with E-state index in [2.05, 4.69) is 5.32 Å². The minimum absolute atomic E-state index is 0.116. The Hall–Kier alpha value is -2.37. The Balaban J connectivity index is 2.32. The van der Waals surface area contributed by atoms with E-state index in [0.717, 1.165) is 5.56 Å². The second kappa shape index (κ2) is 4.72. The molecule has 6 heteroatoms. The number of hydrogen-bond acceptors (Lipinski definition) is 4. The van der Waals surface area contributed by atoms with Crippen molar-refractivity contribution in [1.82, 2.24) is 10.2 Å². The molecule has 1 fully saturated rings. The van der Waals surface area contributed by atoms with Gasteiger partial charge in [0.2, 0.25) is 11.8 Å². The maximum atomic E-state index is 12.4. The molecule has 0 radical (unpaired) electrons. The van der Waals surface area contributed by atoms with Crippen molar-refractivity contribution in [2.45, 2.75) is 19.9 Å². The lowest BCUT2D eigenvalue weighted by Gasteiger charge is -2.32. The predicted molar refractivity (Wildman–Crippen MR) is 69.2 cm³/mol. The first kappa shape index (κ1) is 13.1. The summed E-state index contributed by atoms with van der Waals surface area (Å²) < 4.78 is 0. The van der Waals surface area contributed by atoms with E-state index in [0.29, 0.717) is 11.3 Å². The summed E-state index contributed by atoms with van der Waals surface area (Å²) >= 11 is 0. The number of nitrogens with zero attached hydrogens (tertiary/aromatic N) is 1. The molecule has 1 aliphatic heterocycles. The molecule has 1 aromatic carbocycles. The third kappa shape index (κ3) is 2.42. The van der Waals surface area contributed by atoms with Gasteiger partial charge in [-0.15, -0.1) is 0 Å². The molecule has 1 heterocycles. The molecule has 0 aromatic heterocycles. The predicted octanol–water partition coefficient (Wildman–Crippen LogP) is 0.0643. The fourth-order valence-corrected chi connectivity index (χ4v) is 2.04. The van der Waals surface area contributed by atoms with Gasteiger partial charge in [0.15, 0.2) is 0 Å². The minimum Gasteiger partial charge on any atom is -0.399 e. The lowest BCUT2D eigenvalue weighted by molar-refractivity contribution is -0.138. The average molecular weight is 261 g/mol. The number of anilines is 1. The van der Waals surface area contributed by atoms with E-state index >= 15 is 0 Å². The second-order valence-corrected chi connectivity index (χ2v) is 4.60.